The number of nitrogens with zero attached hydrogens (tertiary/aromatic N) is 2. The zero-order chi connectivity index (χ0) is 14.8. The molecule has 114 valence electrons. The maximum absolute atomic E-state index is 4.79. The van der Waals surface area contributed by atoms with E-state index in [1.54, 1.807) is 0 Å². The van der Waals surface area contributed by atoms with Gasteiger partial charge in [0.25, 0.3) is 0 Å². The molecule has 0 saturated carbocycles. The van der Waals surface area contributed by atoms with Crippen LogP contribution in [0.5, 0.6) is 0 Å². The molecule has 0 bridgehead atoms. The normalized spacial score (nSPS) is 11.0. The fourth-order valence-electron chi connectivity index (χ4n) is 2.27. The standard InChI is InChI=1S/C16H29N3S/c1-5-11-20-12-16-18-14(6-2)13(9-10-17-8-4)15(7-3)19-16/h17H,5-12H2,1-4H3. The van der Waals surface area contributed by atoms with Gasteiger partial charge in [-0.25, -0.2) is 9.97 Å². The second kappa shape index (κ2) is 10.2. The van der Waals surface area contributed by atoms with Crippen molar-refractivity contribution < 1.29 is 0 Å². The molecule has 1 N–H and O–H groups in total. The fourth-order valence-corrected chi connectivity index (χ4v) is 3.02. The molecule has 0 spiro atoms. The molecule has 0 radical (unpaired) electrons. The second-order valence-corrected chi connectivity index (χ2v) is 5.98. The summed E-state index contributed by atoms with van der Waals surface area (Å²) in [6, 6.07) is 0. The highest BCUT2D eigenvalue weighted by Gasteiger charge is 2.12. The molecule has 4 heteroatoms. The third-order valence-corrected chi connectivity index (χ3v) is 4.44. The second-order valence-electron chi connectivity index (χ2n) is 4.88. The van der Waals surface area contributed by atoms with Crippen LogP contribution in [0.15, 0.2) is 0 Å². The van der Waals surface area contributed by atoms with Gasteiger partial charge in [0.15, 0.2) is 0 Å². The van der Waals surface area contributed by atoms with Gasteiger partial charge in [0.05, 0.1) is 5.75 Å². The zero-order valence-corrected chi connectivity index (χ0v) is 14.3. The van der Waals surface area contributed by atoms with Crippen LogP contribution in [0.3, 0.4) is 0 Å². The molecule has 0 aliphatic heterocycles. The highest BCUT2D eigenvalue weighted by molar-refractivity contribution is 7.98. The lowest BCUT2D eigenvalue weighted by Gasteiger charge is -2.14. The van der Waals surface area contributed by atoms with Gasteiger partial charge in [-0.1, -0.05) is 27.7 Å². The maximum atomic E-state index is 4.79. The van der Waals surface area contributed by atoms with Crippen molar-refractivity contribution >= 4 is 11.8 Å². The van der Waals surface area contributed by atoms with Gasteiger partial charge in [0.2, 0.25) is 0 Å². The van der Waals surface area contributed by atoms with Gasteiger partial charge >= 0.3 is 0 Å². The van der Waals surface area contributed by atoms with Gasteiger partial charge in [-0.2, -0.15) is 11.8 Å². The quantitative estimate of drug-likeness (QED) is 0.671. The van der Waals surface area contributed by atoms with Gasteiger partial charge in [0.1, 0.15) is 5.82 Å². The Hall–Kier alpha value is -0.610. The van der Waals surface area contributed by atoms with Crippen molar-refractivity contribution in [3.05, 3.63) is 22.8 Å². The number of nitrogens with one attached hydrogen (secondary N) is 1. The minimum Gasteiger partial charge on any atom is -0.317 e. The van der Waals surface area contributed by atoms with Gasteiger partial charge < -0.3 is 5.32 Å². The molecule has 0 amide bonds. The highest BCUT2D eigenvalue weighted by Crippen LogP contribution is 2.17. The summed E-state index contributed by atoms with van der Waals surface area (Å²) in [6.07, 6.45) is 4.26. The molecule has 1 heterocycles. The van der Waals surface area contributed by atoms with Crippen molar-refractivity contribution in [3.8, 4) is 0 Å². The molecule has 1 rings (SSSR count). The first-order valence-corrected chi connectivity index (χ1v) is 9.08. The summed E-state index contributed by atoms with van der Waals surface area (Å²) in [4.78, 5) is 9.58. The number of rotatable bonds is 10. The third kappa shape index (κ3) is 5.41. The van der Waals surface area contributed by atoms with E-state index in [0.29, 0.717) is 0 Å². The van der Waals surface area contributed by atoms with Crippen LogP contribution < -0.4 is 5.32 Å². The molecule has 0 aliphatic carbocycles. The minimum atomic E-state index is 0.946. The molecule has 0 aromatic carbocycles. The van der Waals surface area contributed by atoms with Gasteiger partial charge in [-0.15, -0.1) is 0 Å². The first kappa shape index (κ1) is 17.4. The SMILES string of the molecule is CCCSCc1nc(CC)c(CCNCC)c(CC)n1. The molecule has 1 aromatic heterocycles. The summed E-state index contributed by atoms with van der Waals surface area (Å²) < 4.78 is 0. The average molecular weight is 295 g/mol. The maximum Gasteiger partial charge on any atom is 0.138 e. The topological polar surface area (TPSA) is 37.8 Å². The van der Waals surface area contributed by atoms with Crippen molar-refractivity contribution in [1.29, 1.82) is 0 Å². The number of hydrogen-bond acceptors (Lipinski definition) is 4. The lowest BCUT2D eigenvalue weighted by Crippen LogP contribution is -2.19. The summed E-state index contributed by atoms with van der Waals surface area (Å²) in [6.45, 7) is 10.8. The van der Waals surface area contributed by atoms with Crippen LogP contribution in [0, 0.1) is 0 Å². The Kier molecular flexibility index (Phi) is 8.86. The van der Waals surface area contributed by atoms with Crippen molar-refractivity contribution in [1.82, 2.24) is 15.3 Å². The molecule has 1 aromatic rings. The molecule has 0 unspecified atom stereocenters. The van der Waals surface area contributed by atoms with E-state index >= 15 is 0 Å². The summed E-state index contributed by atoms with van der Waals surface area (Å²) in [5, 5.41) is 3.40. The summed E-state index contributed by atoms with van der Waals surface area (Å²) in [7, 11) is 0. The zero-order valence-electron chi connectivity index (χ0n) is 13.5. The largest absolute Gasteiger partial charge is 0.317 e. The van der Waals surface area contributed by atoms with Gasteiger partial charge in [0, 0.05) is 11.4 Å². The van der Waals surface area contributed by atoms with E-state index in [2.05, 4.69) is 33.0 Å². The number of thioether (sulfide) groups is 1. The molecule has 0 aliphatic rings. The Bertz CT molecular complexity index is 368. The van der Waals surface area contributed by atoms with Crippen LogP contribution in [0.1, 0.15) is 56.9 Å². The van der Waals surface area contributed by atoms with E-state index in [1.165, 1.54) is 29.1 Å². The Morgan fingerprint density at radius 3 is 2.15 bits per heavy atom. The molecule has 0 saturated heterocycles. The number of aryl methyl sites for hydroxylation is 2. The van der Waals surface area contributed by atoms with E-state index in [0.717, 1.165) is 43.9 Å². The number of likely N-dealkylation sites (N-methyl/N-ethyl adjacent to an activating group) is 1. The lowest BCUT2D eigenvalue weighted by atomic mass is 10.0. The van der Waals surface area contributed by atoms with E-state index < -0.39 is 0 Å². The van der Waals surface area contributed by atoms with Crippen LogP contribution >= 0.6 is 11.8 Å². The number of hydrogen-bond donors (Lipinski definition) is 1. The first-order chi connectivity index (χ1) is 9.76. The van der Waals surface area contributed by atoms with Crippen molar-refractivity contribution in [2.45, 2.75) is 59.1 Å². The smallest absolute Gasteiger partial charge is 0.138 e. The predicted octanol–water partition coefficient (Wildman–Crippen LogP) is 3.40. The average Bonchev–Trinajstić information content (AvgIpc) is 2.48. The first-order valence-electron chi connectivity index (χ1n) is 7.92. The van der Waals surface area contributed by atoms with Crippen LogP contribution in [0.2, 0.25) is 0 Å². The van der Waals surface area contributed by atoms with Crippen LogP contribution in [0.4, 0.5) is 0 Å². The van der Waals surface area contributed by atoms with Crippen LogP contribution in [-0.2, 0) is 25.0 Å². The molecular formula is C16H29N3S. The molecular weight excluding hydrogens is 266 g/mol. The summed E-state index contributed by atoms with van der Waals surface area (Å²) in [5.41, 5.74) is 3.88. The Morgan fingerprint density at radius 2 is 1.65 bits per heavy atom. The van der Waals surface area contributed by atoms with E-state index in [4.69, 9.17) is 9.97 Å². The van der Waals surface area contributed by atoms with Gasteiger partial charge in [-0.3, -0.25) is 0 Å². The monoisotopic (exact) mass is 295 g/mol. The minimum absolute atomic E-state index is 0.946. The van der Waals surface area contributed by atoms with Gasteiger partial charge in [-0.05, 0) is 50.1 Å². The Balaban J connectivity index is 2.86. The van der Waals surface area contributed by atoms with E-state index in [9.17, 15) is 0 Å². The number of aromatic nitrogens is 2. The van der Waals surface area contributed by atoms with Crippen LogP contribution in [0.25, 0.3) is 0 Å². The Labute approximate surface area is 128 Å². The van der Waals surface area contributed by atoms with E-state index in [1.807, 2.05) is 11.8 Å². The Morgan fingerprint density at radius 1 is 1.00 bits per heavy atom. The molecule has 20 heavy (non-hydrogen) atoms. The fraction of sp³-hybridized carbons (Fsp3) is 0.750. The van der Waals surface area contributed by atoms with Crippen LogP contribution in [-0.4, -0.2) is 28.8 Å². The predicted molar refractivity (Wildman–Crippen MR) is 89.5 cm³/mol. The third-order valence-electron chi connectivity index (χ3n) is 3.28. The molecule has 3 nitrogen and oxygen atoms in total. The van der Waals surface area contributed by atoms with E-state index in [-0.39, 0.29) is 0 Å². The summed E-state index contributed by atoms with van der Waals surface area (Å²) >= 11 is 1.93. The highest BCUT2D eigenvalue weighted by atomic mass is 32.2. The molecule has 0 atom stereocenters. The van der Waals surface area contributed by atoms with Crippen molar-refractivity contribution in [3.63, 3.8) is 0 Å². The lowest BCUT2D eigenvalue weighted by molar-refractivity contribution is 0.699. The van der Waals surface area contributed by atoms with Crippen molar-refractivity contribution in [2.75, 3.05) is 18.8 Å². The summed E-state index contributed by atoms with van der Waals surface area (Å²) in [5.74, 6) is 3.15. The molecule has 0 fully saturated rings. The van der Waals surface area contributed by atoms with Crippen molar-refractivity contribution in [2.24, 2.45) is 0 Å².